The summed E-state index contributed by atoms with van der Waals surface area (Å²) in [6.07, 6.45) is 2.58. The molecule has 20 heavy (non-hydrogen) atoms. The maximum Gasteiger partial charge on any atom is 0.226 e. The summed E-state index contributed by atoms with van der Waals surface area (Å²) in [7, 11) is 0. The largest absolute Gasteiger partial charge is 0.383 e. The van der Waals surface area contributed by atoms with Gasteiger partial charge in [0, 0.05) is 0 Å². The number of aromatic nitrogens is 4. The molecular formula is C14H14ClN5. The maximum atomic E-state index is 5.90. The molecule has 0 spiro atoms. The first kappa shape index (κ1) is 12.9. The number of hydrogen-bond acceptors (Lipinski definition) is 4. The third-order valence-electron chi connectivity index (χ3n) is 3.32. The third kappa shape index (κ3) is 2.10. The Hall–Kier alpha value is -2.14. The molecule has 0 aliphatic rings. The van der Waals surface area contributed by atoms with Gasteiger partial charge in [-0.3, -0.25) is 0 Å². The molecule has 1 aromatic carbocycles. The number of nitrogens with two attached hydrogens (primary N) is 1. The van der Waals surface area contributed by atoms with E-state index >= 15 is 0 Å². The number of hydrogen-bond donors (Lipinski definition) is 1. The molecule has 1 atom stereocenters. The van der Waals surface area contributed by atoms with Crippen LogP contribution in [0, 0.1) is 0 Å². The lowest BCUT2D eigenvalue weighted by Gasteiger charge is -2.16. The molecule has 0 aliphatic carbocycles. The lowest BCUT2D eigenvalue weighted by Crippen LogP contribution is -2.12. The van der Waals surface area contributed by atoms with E-state index in [0.717, 1.165) is 11.8 Å². The van der Waals surface area contributed by atoms with Crippen molar-refractivity contribution in [2.75, 3.05) is 5.73 Å². The van der Waals surface area contributed by atoms with Crippen molar-refractivity contribution < 1.29 is 0 Å². The summed E-state index contributed by atoms with van der Waals surface area (Å²) in [5.41, 5.74) is 7.70. The van der Waals surface area contributed by atoms with Gasteiger partial charge in [-0.1, -0.05) is 37.3 Å². The maximum absolute atomic E-state index is 5.90. The van der Waals surface area contributed by atoms with Gasteiger partial charge < -0.3 is 5.73 Å². The Morgan fingerprint density at radius 2 is 2.00 bits per heavy atom. The highest BCUT2D eigenvalue weighted by Gasteiger charge is 2.18. The summed E-state index contributed by atoms with van der Waals surface area (Å²) in [5, 5.41) is 5.28. The number of rotatable bonds is 3. The van der Waals surface area contributed by atoms with Gasteiger partial charge in [-0.2, -0.15) is 10.1 Å². The standard InChI is InChI=1S/C14H14ClN5/c1-2-11(9-6-4-3-5-7-9)20-13-10(8-17-20)12(16)18-14(15)19-13/h3-8,11H,2H2,1H3,(H2,16,18,19). The fourth-order valence-corrected chi connectivity index (χ4v) is 2.54. The van der Waals surface area contributed by atoms with Crippen molar-refractivity contribution in [3.63, 3.8) is 0 Å². The highest BCUT2D eigenvalue weighted by atomic mass is 35.5. The first-order valence-corrected chi connectivity index (χ1v) is 6.79. The predicted molar refractivity (Wildman–Crippen MR) is 79.6 cm³/mol. The molecule has 5 nitrogen and oxygen atoms in total. The zero-order chi connectivity index (χ0) is 14.1. The molecule has 6 heteroatoms. The predicted octanol–water partition coefficient (Wildman–Crippen LogP) is 3.06. The van der Waals surface area contributed by atoms with E-state index in [2.05, 4.69) is 34.1 Å². The number of anilines is 1. The van der Waals surface area contributed by atoms with Crippen molar-refractivity contribution in [2.24, 2.45) is 0 Å². The summed E-state index contributed by atoms with van der Waals surface area (Å²) >= 11 is 5.90. The Kier molecular flexibility index (Phi) is 3.28. The van der Waals surface area contributed by atoms with Crippen LogP contribution in [0.4, 0.5) is 5.82 Å². The lowest BCUT2D eigenvalue weighted by molar-refractivity contribution is 0.521. The highest BCUT2D eigenvalue weighted by Crippen LogP contribution is 2.27. The van der Waals surface area contributed by atoms with Gasteiger partial charge in [-0.15, -0.1) is 0 Å². The van der Waals surface area contributed by atoms with Crippen LogP contribution in [0.2, 0.25) is 5.28 Å². The average Bonchev–Trinajstić information content (AvgIpc) is 2.85. The van der Waals surface area contributed by atoms with Gasteiger partial charge in [0.25, 0.3) is 0 Å². The third-order valence-corrected chi connectivity index (χ3v) is 3.49. The number of benzene rings is 1. The second-order valence-corrected chi connectivity index (χ2v) is 4.88. The SMILES string of the molecule is CCC(c1ccccc1)n1ncc2c(N)nc(Cl)nc21. The Balaban J connectivity index is 2.18. The van der Waals surface area contributed by atoms with E-state index in [0.29, 0.717) is 11.5 Å². The van der Waals surface area contributed by atoms with E-state index in [-0.39, 0.29) is 11.3 Å². The normalized spacial score (nSPS) is 12.7. The fourth-order valence-electron chi connectivity index (χ4n) is 2.37. The molecule has 102 valence electrons. The zero-order valence-corrected chi connectivity index (χ0v) is 11.7. The van der Waals surface area contributed by atoms with Crippen molar-refractivity contribution in [2.45, 2.75) is 19.4 Å². The van der Waals surface area contributed by atoms with Gasteiger partial charge in [-0.05, 0) is 23.6 Å². The molecule has 0 radical (unpaired) electrons. The van der Waals surface area contributed by atoms with Crippen molar-refractivity contribution in [3.05, 3.63) is 47.4 Å². The van der Waals surface area contributed by atoms with Gasteiger partial charge >= 0.3 is 0 Å². The first-order valence-electron chi connectivity index (χ1n) is 6.42. The molecule has 3 rings (SSSR count). The van der Waals surface area contributed by atoms with Gasteiger partial charge in [0.2, 0.25) is 5.28 Å². The number of nitrogens with zero attached hydrogens (tertiary/aromatic N) is 4. The second-order valence-electron chi connectivity index (χ2n) is 4.54. The number of fused-ring (bicyclic) bond motifs is 1. The summed E-state index contributed by atoms with van der Waals surface area (Å²) < 4.78 is 1.86. The highest BCUT2D eigenvalue weighted by molar-refractivity contribution is 6.28. The molecular weight excluding hydrogens is 274 g/mol. The van der Waals surface area contributed by atoms with E-state index < -0.39 is 0 Å². The lowest BCUT2D eigenvalue weighted by atomic mass is 10.1. The van der Waals surface area contributed by atoms with Crippen LogP contribution in [-0.2, 0) is 0 Å². The topological polar surface area (TPSA) is 69.6 Å². The molecule has 2 aromatic heterocycles. The quantitative estimate of drug-likeness (QED) is 0.752. The van der Waals surface area contributed by atoms with Gasteiger partial charge in [-0.25, -0.2) is 9.67 Å². The van der Waals surface area contributed by atoms with E-state index in [1.807, 2.05) is 22.9 Å². The molecule has 1 unspecified atom stereocenters. The Morgan fingerprint density at radius 1 is 1.25 bits per heavy atom. The number of nitrogen functional groups attached to an aromatic ring is 1. The van der Waals surface area contributed by atoms with Crippen molar-refractivity contribution in [3.8, 4) is 0 Å². The van der Waals surface area contributed by atoms with Crippen LogP contribution < -0.4 is 5.73 Å². The second kappa shape index (κ2) is 5.09. The van der Waals surface area contributed by atoms with Gasteiger partial charge in [0.15, 0.2) is 5.65 Å². The molecule has 0 saturated heterocycles. The van der Waals surface area contributed by atoms with Crippen LogP contribution in [0.15, 0.2) is 36.5 Å². The van der Waals surface area contributed by atoms with E-state index in [1.54, 1.807) is 6.20 Å². The zero-order valence-electron chi connectivity index (χ0n) is 11.0. The molecule has 0 fully saturated rings. The van der Waals surface area contributed by atoms with Crippen molar-refractivity contribution in [1.82, 2.24) is 19.7 Å². The van der Waals surface area contributed by atoms with Crippen LogP contribution >= 0.6 is 11.6 Å². The monoisotopic (exact) mass is 287 g/mol. The fraction of sp³-hybridized carbons (Fsp3) is 0.214. The summed E-state index contributed by atoms with van der Waals surface area (Å²) in [6.45, 7) is 2.11. The van der Waals surface area contributed by atoms with E-state index in [4.69, 9.17) is 17.3 Å². The molecule has 3 aromatic rings. The minimum absolute atomic E-state index is 0.0964. The van der Waals surface area contributed by atoms with Gasteiger partial charge in [0.05, 0.1) is 17.6 Å². The summed E-state index contributed by atoms with van der Waals surface area (Å²) in [5.74, 6) is 0.356. The van der Waals surface area contributed by atoms with E-state index in [1.165, 1.54) is 5.56 Å². The number of halogens is 1. The summed E-state index contributed by atoms with van der Waals surface area (Å²) in [6, 6.07) is 10.3. The minimum Gasteiger partial charge on any atom is -0.383 e. The van der Waals surface area contributed by atoms with Crippen molar-refractivity contribution in [1.29, 1.82) is 0 Å². The van der Waals surface area contributed by atoms with Crippen LogP contribution in [0.25, 0.3) is 11.0 Å². The first-order chi connectivity index (χ1) is 9.70. The van der Waals surface area contributed by atoms with Crippen LogP contribution in [0.5, 0.6) is 0 Å². The molecule has 0 bridgehead atoms. The van der Waals surface area contributed by atoms with Crippen molar-refractivity contribution >= 4 is 28.5 Å². The van der Waals surface area contributed by atoms with E-state index in [9.17, 15) is 0 Å². The molecule has 0 amide bonds. The van der Waals surface area contributed by atoms with Gasteiger partial charge in [0.1, 0.15) is 5.82 Å². The smallest absolute Gasteiger partial charge is 0.226 e. The van der Waals surface area contributed by atoms with Crippen LogP contribution in [0.1, 0.15) is 24.9 Å². The minimum atomic E-state index is 0.0964. The van der Waals surface area contributed by atoms with Crippen LogP contribution in [0.3, 0.4) is 0 Å². The average molecular weight is 288 g/mol. The molecule has 0 aliphatic heterocycles. The Labute approximate surface area is 121 Å². The van der Waals surface area contributed by atoms with Crippen LogP contribution in [-0.4, -0.2) is 19.7 Å². The Bertz CT molecular complexity index is 738. The summed E-state index contributed by atoms with van der Waals surface area (Å²) in [4.78, 5) is 8.22. The molecule has 0 saturated carbocycles. The molecule has 2 N–H and O–H groups in total. The molecule has 2 heterocycles. The Morgan fingerprint density at radius 3 is 2.70 bits per heavy atom.